The smallest absolute Gasteiger partial charge is 0.350 e. The van der Waals surface area contributed by atoms with Crippen LogP contribution in [-0.2, 0) is 27.1 Å². The number of nitrogen functional groups attached to an aromatic ring is 1. The number of Topliss-reactive ketones (excluding diaryl/α,β-unsaturated/α-hetero) is 2. The van der Waals surface area contributed by atoms with Crippen LogP contribution in [-0.4, -0.2) is 64.6 Å². The number of fused-ring (bicyclic) bond motifs is 2. The number of hydrogen-bond donors (Lipinski definition) is 3. The van der Waals surface area contributed by atoms with Crippen molar-refractivity contribution in [3.63, 3.8) is 0 Å². The van der Waals surface area contributed by atoms with Crippen LogP contribution in [0.1, 0.15) is 92.1 Å². The highest BCUT2D eigenvalue weighted by Gasteiger charge is 2.85. The number of aliphatic hydroxyl groups is 1. The number of carbonyl (C=O) groups is 3. The number of pyridine rings is 1. The first-order valence-corrected chi connectivity index (χ1v) is 17.0. The van der Waals surface area contributed by atoms with E-state index in [0.29, 0.717) is 42.1 Å². The zero-order valence-corrected chi connectivity index (χ0v) is 28.3. The van der Waals surface area contributed by atoms with Crippen LogP contribution in [0.4, 0.5) is 5.82 Å². The summed E-state index contributed by atoms with van der Waals surface area (Å²) in [6, 6.07) is 8.97. The Labute approximate surface area is 278 Å². The molecule has 9 nitrogen and oxygen atoms in total. The molecule has 252 valence electrons. The first-order valence-electron chi connectivity index (χ1n) is 17.0. The van der Waals surface area contributed by atoms with Crippen molar-refractivity contribution >= 4 is 23.4 Å². The van der Waals surface area contributed by atoms with E-state index in [9.17, 15) is 19.5 Å². The fourth-order valence-corrected chi connectivity index (χ4v) is 7.35. The Hall–Kier alpha value is -3.66. The van der Waals surface area contributed by atoms with Gasteiger partial charge in [0.2, 0.25) is 5.78 Å². The number of benzene rings is 1. The van der Waals surface area contributed by atoms with E-state index in [4.69, 9.17) is 15.2 Å². The molecule has 5 atom stereocenters. The summed E-state index contributed by atoms with van der Waals surface area (Å²) in [5.74, 6) is -0.769. The molecular formula is C38H49N3O6. The van der Waals surface area contributed by atoms with Gasteiger partial charge in [-0.25, -0.2) is 9.78 Å². The minimum atomic E-state index is -2.10. The van der Waals surface area contributed by atoms with Crippen LogP contribution < -0.4 is 11.1 Å². The molecule has 47 heavy (non-hydrogen) atoms. The zero-order valence-electron chi connectivity index (χ0n) is 28.3. The van der Waals surface area contributed by atoms with E-state index in [1.807, 2.05) is 39.8 Å². The lowest BCUT2D eigenvalue weighted by Crippen LogP contribution is -2.52. The van der Waals surface area contributed by atoms with Crippen LogP contribution in [0.25, 0.3) is 0 Å². The van der Waals surface area contributed by atoms with Crippen LogP contribution in [0.3, 0.4) is 0 Å². The van der Waals surface area contributed by atoms with E-state index in [0.717, 1.165) is 30.5 Å². The molecule has 1 aliphatic heterocycles. The third kappa shape index (κ3) is 6.58. The first-order chi connectivity index (χ1) is 22.5. The highest BCUT2D eigenvalue weighted by Crippen LogP contribution is 2.60. The van der Waals surface area contributed by atoms with Crippen LogP contribution in [0.15, 0.2) is 59.8 Å². The number of aryl methyl sites for hydroxylation is 1. The molecule has 1 aromatic heterocycles. The SMILES string of the molecule is CCN[C@@H]1C=C[C@@H](CC)C[C@H]1COC(=O)[C@]12O[C@@]1(C/C(CO)=C(\C)CCc1ccnc(N)c1)C(=O)c1cccc(CC(C)C)c1C2=O. The van der Waals surface area contributed by atoms with E-state index in [1.54, 1.807) is 24.4 Å². The Bertz CT molecular complexity index is 1580. The fraction of sp³-hybridized carbons (Fsp3) is 0.526. The fourth-order valence-electron chi connectivity index (χ4n) is 7.35. The quantitative estimate of drug-likeness (QED) is 0.109. The van der Waals surface area contributed by atoms with Gasteiger partial charge in [-0.15, -0.1) is 0 Å². The molecule has 1 aromatic carbocycles. The Morgan fingerprint density at radius 3 is 2.66 bits per heavy atom. The van der Waals surface area contributed by atoms with E-state index in [2.05, 4.69) is 29.4 Å². The monoisotopic (exact) mass is 643 g/mol. The second-order valence-corrected chi connectivity index (χ2v) is 13.7. The summed E-state index contributed by atoms with van der Waals surface area (Å²) in [7, 11) is 0. The number of nitrogens with zero attached hydrogens (tertiary/aromatic N) is 1. The minimum absolute atomic E-state index is 0.00829. The van der Waals surface area contributed by atoms with E-state index in [-0.39, 0.29) is 48.6 Å². The number of esters is 1. The Kier molecular flexibility index (Phi) is 10.5. The average Bonchev–Trinajstić information content (AvgIpc) is 3.76. The minimum Gasteiger partial charge on any atom is -0.463 e. The molecule has 4 N–H and O–H groups in total. The van der Waals surface area contributed by atoms with Crippen molar-refractivity contribution < 1.29 is 29.0 Å². The molecular weight excluding hydrogens is 594 g/mol. The highest BCUT2D eigenvalue weighted by atomic mass is 16.7. The van der Waals surface area contributed by atoms with Crippen LogP contribution in [0.5, 0.6) is 0 Å². The summed E-state index contributed by atoms with van der Waals surface area (Å²) in [6.45, 7) is 10.7. The lowest BCUT2D eigenvalue weighted by Gasteiger charge is -2.32. The van der Waals surface area contributed by atoms with Gasteiger partial charge in [-0.1, -0.05) is 63.6 Å². The van der Waals surface area contributed by atoms with Crippen LogP contribution in [0, 0.1) is 17.8 Å². The number of nitrogens with one attached hydrogen (secondary N) is 1. The molecule has 1 fully saturated rings. The maximum absolute atomic E-state index is 14.6. The molecule has 0 saturated carbocycles. The Morgan fingerprint density at radius 2 is 1.98 bits per heavy atom. The Balaban J connectivity index is 1.49. The number of ether oxygens (including phenoxy) is 2. The van der Waals surface area contributed by atoms with Crippen molar-refractivity contribution in [1.29, 1.82) is 0 Å². The van der Waals surface area contributed by atoms with Crippen molar-refractivity contribution in [1.82, 2.24) is 10.3 Å². The molecule has 0 amide bonds. The second kappa shape index (κ2) is 14.2. The van der Waals surface area contributed by atoms with Crippen molar-refractivity contribution in [2.75, 3.05) is 25.5 Å². The largest absolute Gasteiger partial charge is 0.463 e. The number of epoxide rings is 1. The number of rotatable bonds is 14. The predicted molar refractivity (Wildman–Crippen MR) is 181 cm³/mol. The number of aromatic nitrogens is 1. The van der Waals surface area contributed by atoms with Crippen LogP contribution in [0.2, 0.25) is 0 Å². The average molecular weight is 644 g/mol. The summed E-state index contributed by atoms with van der Waals surface area (Å²) in [5, 5.41) is 14.0. The van der Waals surface area contributed by atoms with Gasteiger partial charge in [0.1, 0.15) is 5.82 Å². The number of hydrogen-bond acceptors (Lipinski definition) is 9. The maximum Gasteiger partial charge on any atom is 0.350 e. The highest BCUT2D eigenvalue weighted by molar-refractivity contribution is 6.33. The molecule has 2 heterocycles. The molecule has 0 radical (unpaired) electrons. The summed E-state index contributed by atoms with van der Waals surface area (Å²) in [6.07, 6.45) is 9.50. The topological polar surface area (TPSA) is 144 Å². The standard InChI is InChI=1S/C38H49N3O6/c1-6-25-13-14-31(40-7-2)28(18-25)22-46-36(45)38-35(44)33-27(17-23(3)4)9-8-10-30(33)34(43)37(38,47-38)20-29(21-42)24(5)11-12-26-15-16-41-32(39)19-26/h8-10,13-16,19,23,25,28,31,40,42H,6-7,11-12,17-18,20-22H2,1-5H3,(H2,39,41)/b29-24-/t25-,28+,31-,37+,38+/m1/s1. The number of anilines is 1. The number of likely N-dealkylation sites (N-methyl/N-ethyl adjacent to an activating group) is 1. The number of carbonyl (C=O) groups excluding carboxylic acids is 3. The van der Waals surface area contributed by atoms with Crippen molar-refractivity contribution in [3.05, 3.63) is 82.1 Å². The van der Waals surface area contributed by atoms with Gasteiger partial charge in [0, 0.05) is 35.7 Å². The van der Waals surface area contributed by atoms with Crippen molar-refractivity contribution in [2.24, 2.45) is 17.8 Å². The van der Waals surface area contributed by atoms with Crippen molar-refractivity contribution in [2.45, 2.75) is 90.4 Å². The third-order valence-electron chi connectivity index (χ3n) is 10.1. The molecule has 5 rings (SSSR count). The Morgan fingerprint density at radius 1 is 1.19 bits per heavy atom. The summed E-state index contributed by atoms with van der Waals surface area (Å²) in [4.78, 5) is 47.3. The summed E-state index contributed by atoms with van der Waals surface area (Å²) < 4.78 is 12.2. The number of allylic oxidation sites excluding steroid dienone is 2. The van der Waals surface area contributed by atoms with Gasteiger partial charge in [-0.3, -0.25) is 9.59 Å². The molecule has 1 saturated heterocycles. The third-order valence-corrected chi connectivity index (χ3v) is 10.1. The van der Waals surface area contributed by atoms with Gasteiger partial charge in [0.15, 0.2) is 11.4 Å². The second-order valence-electron chi connectivity index (χ2n) is 13.7. The van der Waals surface area contributed by atoms with E-state index in [1.165, 1.54) is 0 Å². The van der Waals surface area contributed by atoms with Gasteiger partial charge < -0.3 is 25.6 Å². The number of nitrogens with two attached hydrogens (primary N) is 1. The molecule has 0 unspecified atom stereocenters. The zero-order chi connectivity index (χ0) is 33.9. The van der Waals surface area contributed by atoms with Crippen molar-refractivity contribution in [3.8, 4) is 0 Å². The maximum atomic E-state index is 14.6. The lowest BCUT2D eigenvalue weighted by atomic mass is 9.69. The lowest BCUT2D eigenvalue weighted by molar-refractivity contribution is -0.149. The summed E-state index contributed by atoms with van der Waals surface area (Å²) >= 11 is 0. The molecule has 2 aromatic rings. The normalized spacial score (nSPS) is 26.9. The van der Waals surface area contributed by atoms with Gasteiger partial charge >= 0.3 is 5.97 Å². The first kappa shape index (κ1) is 34.7. The van der Waals surface area contributed by atoms with E-state index >= 15 is 0 Å². The van der Waals surface area contributed by atoms with Gasteiger partial charge in [-0.2, -0.15) is 0 Å². The molecule has 9 heteroatoms. The molecule has 2 aliphatic carbocycles. The van der Waals surface area contributed by atoms with Gasteiger partial charge in [0.05, 0.1) is 13.2 Å². The molecule has 0 spiro atoms. The predicted octanol–water partition coefficient (Wildman–Crippen LogP) is 5.20. The summed E-state index contributed by atoms with van der Waals surface area (Å²) in [5.41, 5.74) is 5.57. The molecule has 0 bridgehead atoms. The number of aliphatic hydroxyl groups excluding tert-OH is 1. The van der Waals surface area contributed by atoms with Gasteiger partial charge in [-0.05, 0) is 86.2 Å². The van der Waals surface area contributed by atoms with E-state index < -0.39 is 28.7 Å². The molecule has 3 aliphatic rings. The number of ketones is 2. The van der Waals surface area contributed by atoms with Crippen LogP contribution >= 0.6 is 0 Å². The van der Waals surface area contributed by atoms with Gasteiger partial charge in [0.25, 0.3) is 5.60 Å².